The van der Waals surface area contributed by atoms with Gasteiger partial charge >= 0.3 is 18.0 Å². The number of hydrogen-bond acceptors (Lipinski definition) is 2. The zero-order valence-corrected chi connectivity index (χ0v) is 10.5. The van der Waals surface area contributed by atoms with E-state index in [-0.39, 0.29) is 0 Å². The molecule has 0 fully saturated rings. The van der Waals surface area contributed by atoms with Gasteiger partial charge in [-0.15, -0.1) is 0 Å². The van der Waals surface area contributed by atoms with E-state index in [4.69, 9.17) is 0 Å². The molecule has 1 aromatic rings. The number of benzene rings is 1. The molecule has 0 saturated heterocycles. The number of rotatable bonds is 5. The topological polar surface area (TPSA) is 46.2 Å². The summed E-state index contributed by atoms with van der Waals surface area (Å²) < 4.78 is 88.4. The van der Waals surface area contributed by atoms with E-state index in [0.717, 1.165) is 0 Å². The first-order chi connectivity index (χ1) is 9.33. The van der Waals surface area contributed by atoms with Crippen molar-refractivity contribution in [2.24, 2.45) is 5.73 Å². The Kier molecular flexibility index (Phi) is 4.59. The predicted octanol–water partition coefficient (Wildman–Crippen LogP) is 3.10. The smallest absolute Gasteiger partial charge is 0.370 e. The fourth-order valence-corrected chi connectivity index (χ4v) is 1.59. The van der Waals surface area contributed by atoms with Crippen LogP contribution in [0.1, 0.15) is 12.0 Å². The van der Waals surface area contributed by atoms with E-state index in [2.05, 4.69) is 5.73 Å². The lowest BCUT2D eigenvalue weighted by Crippen LogP contribution is -2.68. The molecule has 1 rings (SSSR count). The maximum absolute atomic E-state index is 13.3. The normalized spacial score (nSPS) is 16.6. The summed E-state index contributed by atoms with van der Waals surface area (Å²) >= 11 is 0. The molecular weight excluding hydrogens is 307 g/mol. The molecule has 0 aliphatic carbocycles. The zero-order valence-electron chi connectivity index (χ0n) is 10.5. The number of halogens is 7. The van der Waals surface area contributed by atoms with Crippen LogP contribution in [-0.2, 0) is 6.42 Å². The molecule has 9 heteroatoms. The van der Waals surface area contributed by atoms with Gasteiger partial charge in [-0.25, -0.2) is 0 Å². The van der Waals surface area contributed by atoms with Crippen molar-refractivity contribution >= 4 is 0 Å². The summed E-state index contributed by atoms with van der Waals surface area (Å²) in [5, 5.41) is 9.25. The first kappa shape index (κ1) is 17.7. The third-order valence-electron chi connectivity index (χ3n) is 2.93. The van der Waals surface area contributed by atoms with Crippen LogP contribution in [0.2, 0.25) is 0 Å². The maximum atomic E-state index is 13.3. The SMILES string of the molecule is NC(O)(CCc1ccccc1)C(F)(F)C(F)(F)C(F)(F)F. The van der Waals surface area contributed by atoms with Crippen LogP contribution >= 0.6 is 0 Å². The summed E-state index contributed by atoms with van der Waals surface area (Å²) in [4.78, 5) is 0. The van der Waals surface area contributed by atoms with Crippen LogP contribution in [0.25, 0.3) is 0 Å². The van der Waals surface area contributed by atoms with Gasteiger partial charge < -0.3 is 5.11 Å². The second-order valence-electron chi connectivity index (χ2n) is 4.56. The van der Waals surface area contributed by atoms with Crippen molar-refractivity contribution in [2.45, 2.75) is 36.6 Å². The van der Waals surface area contributed by atoms with Crippen molar-refractivity contribution in [1.82, 2.24) is 0 Å². The molecule has 1 unspecified atom stereocenters. The summed E-state index contributed by atoms with van der Waals surface area (Å²) in [6, 6.07) is 7.46. The summed E-state index contributed by atoms with van der Waals surface area (Å²) in [5.41, 5.74) is 0.993. The first-order valence-corrected chi connectivity index (χ1v) is 5.70. The minimum Gasteiger partial charge on any atom is -0.370 e. The number of nitrogens with two attached hydrogens (primary N) is 1. The van der Waals surface area contributed by atoms with E-state index in [9.17, 15) is 35.8 Å². The lowest BCUT2D eigenvalue weighted by molar-refractivity contribution is -0.388. The van der Waals surface area contributed by atoms with Gasteiger partial charge in [0.05, 0.1) is 0 Å². The number of alkyl halides is 7. The van der Waals surface area contributed by atoms with Gasteiger partial charge in [0.1, 0.15) is 0 Å². The van der Waals surface area contributed by atoms with Crippen molar-refractivity contribution in [3.8, 4) is 0 Å². The van der Waals surface area contributed by atoms with Crippen LogP contribution in [0.4, 0.5) is 30.7 Å². The Bertz CT molecular complexity index is 470. The standard InChI is InChI=1S/C12H12F7NO/c13-10(14,11(15,16)12(17,18)19)9(20,21)7-6-8-4-2-1-3-5-8/h1-5,21H,6-7,20H2. The average Bonchev–Trinajstić information content (AvgIpc) is 2.36. The van der Waals surface area contributed by atoms with Crippen LogP contribution in [-0.4, -0.2) is 28.9 Å². The largest absolute Gasteiger partial charge is 0.460 e. The summed E-state index contributed by atoms with van der Waals surface area (Å²) in [6.45, 7) is 0. The van der Waals surface area contributed by atoms with Crippen LogP contribution in [0.3, 0.4) is 0 Å². The van der Waals surface area contributed by atoms with E-state index in [1.54, 1.807) is 6.07 Å². The molecule has 3 N–H and O–H groups in total. The van der Waals surface area contributed by atoms with Crippen molar-refractivity contribution in [1.29, 1.82) is 0 Å². The van der Waals surface area contributed by atoms with Crippen LogP contribution in [0.5, 0.6) is 0 Å². The fraction of sp³-hybridized carbons (Fsp3) is 0.500. The molecule has 0 spiro atoms. The highest BCUT2D eigenvalue weighted by atomic mass is 19.4. The van der Waals surface area contributed by atoms with E-state index in [1.807, 2.05) is 0 Å². The van der Waals surface area contributed by atoms with Crippen LogP contribution in [0, 0.1) is 0 Å². The molecule has 1 aromatic carbocycles. The maximum Gasteiger partial charge on any atom is 0.460 e. The monoisotopic (exact) mass is 319 g/mol. The Labute approximate surface area is 115 Å². The van der Waals surface area contributed by atoms with Crippen LogP contribution < -0.4 is 5.73 Å². The zero-order chi connectivity index (χ0) is 16.5. The van der Waals surface area contributed by atoms with Gasteiger partial charge in [-0.05, 0) is 18.4 Å². The summed E-state index contributed by atoms with van der Waals surface area (Å²) in [5.74, 6) is -12.3. The third-order valence-corrected chi connectivity index (χ3v) is 2.93. The molecule has 1 atom stereocenters. The van der Waals surface area contributed by atoms with Crippen molar-refractivity contribution in [3.63, 3.8) is 0 Å². The van der Waals surface area contributed by atoms with Gasteiger partial charge in [0.25, 0.3) is 0 Å². The van der Waals surface area contributed by atoms with E-state index < -0.39 is 36.6 Å². The van der Waals surface area contributed by atoms with Gasteiger partial charge in [-0.3, -0.25) is 5.73 Å². The number of aryl methyl sites for hydroxylation is 1. The molecule has 0 radical (unpaired) electrons. The first-order valence-electron chi connectivity index (χ1n) is 5.70. The average molecular weight is 319 g/mol. The molecule has 0 saturated carbocycles. The van der Waals surface area contributed by atoms with Crippen molar-refractivity contribution < 1.29 is 35.8 Å². The van der Waals surface area contributed by atoms with E-state index in [1.165, 1.54) is 24.3 Å². The lowest BCUT2D eigenvalue weighted by atomic mass is 9.93. The van der Waals surface area contributed by atoms with Gasteiger partial charge in [0.2, 0.25) is 0 Å². The highest BCUT2D eigenvalue weighted by Gasteiger charge is 2.78. The van der Waals surface area contributed by atoms with Gasteiger partial charge in [0.15, 0.2) is 5.72 Å². The Morgan fingerprint density at radius 3 is 1.76 bits per heavy atom. The minimum atomic E-state index is -6.53. The second kappa shape index (κ2) is 5.45. The Balaban J connectivity index is 2.94. The van der Waals surface area contributed by atoms with Gasteiger partial charge in [-0.2, -0.15) is 30.7 Å². The molecular formula is C12H12F7NO. The molecule has 0 aliphatic rings. The van der Waals surface area contributed by atoms with E-state index in [0.29, 0.717) is 5.56 Å². The van der Waals surface area contributed by atoms with Crippen molar-refractivity contribution in [2.75, 3.05) is 0 Å². The van der Waals surface area contributed by atoms with E-state index >= 15 is 0 Å². The van der Waals surface area contributed by atoms with Gasteiger partial charge in [-0.1, -0.05) is 30.3 Å². The van der Waals surface area contributed by atoms with Gasteiger partial charge in [0, 0.05) is 0 Å². The highest BCUT2D eigenvalue weighted by Crippen LogP contribution is 2.50. The third kappa shape index (κ3) is 3.29. The molecule has 0 amide bonds. The molecule has 0 aromatic heterocycles. The second-order valence-corrected chi connectivity index (χ2v) is 4.56. The number of aliphatic hydroxyl groups is 1. The highest BCUT2D eigenvalue weighted by molar-refractivity contribution is 5.15. The molecule has 0 heterocycles. The molecule has 0 bridgehead atoms. The molecule has 2 nitrogen and oxygen atoms in total. The minimum absolute atomic E-state index is 0.354. The summed E-state index contributed by atoms with van der Waals surface area (Å²) in [7, 11) is 0. The Morgan fingerprint density at radius 1 is 0.857 bits per heavy atom. The van der Waals surface area contributed by atoms with Crippen molar-refractivity contribution in [3.05, 3.63) is 35.9 Å². The Morgan fingerprint density at radius 2 is 1.33 bits per heavy atom. The molecule has 120 valence electrons. The Hall–Kier alpha value is -1.35. The lowest BCUT2D eigenvalue weighted by Gasteiger charge is -2.37. The molecule has 0 aliphatic heterocycles. The fourth-order valence-electron chi connectivity index (χ4n) is 1.59. The predicted molar refractivity (Wildman–Crippen MR) is 59.8 cm³/mol. The quantitative estimate of drug-likeness (QED) is 0.647. The molecule has 21 heavy (non-hydrogen) atoms. The summed E-state index contributed by atoms with van der Waals surface area (Å²) in [6.07, 6.45) is -8.09. The van der Waals surface area contributed by atoms with Crippen LogP contribution in [0.15, 0.2) is 30.3 Å². The number of hydrogen-bond donors (Lipinski definition) is 2.